The fourth-order valence-corrected chi connectivity index (χ4v) is 5.71. The van der Waals surface area contributed by atoms with Crippen molar-refractivity contribution in [2.45, 2.75) is 34.1 Å². The van der Waals surface area contributed by atoms with E-state index in [9.17, 15) is 4.79 Å². The Bertz CT molecular complexity index is 674. The number of morpholine rings is 1. The van der Waals surface area contributed by atoms with Gasteiger partial charge < -0.3 is 14.1 Å². The number of hydrogen-bond donors (Lipinski definition) is 0. The first kappa shape index (κ1) is 17.1. The highest BCUT2D eigenvalue weighted by atomic mass is 16.5. The molecule has 1 aromatic rings. The number of fused-ring (bicyclic) bond motifs is 1. The van der Waals surface area contributed by atoms with E-state index < -0.39 is 0 Å². The maximum absolute atomic E-state index is 13.1. The monoisotopic (exact) mass is 346 g/mol. The Labute approximate surface area is 150 Å². The lowest BCUT2D eigenvalue weighted by atomic mass is 9.48. The summed E-state index contributed by atoms with van der Waals surface area (Å²) in [4.78, 5) is 17.7. The highest BCUT2D eigenvalue weighted by Gasteiger charge is 2.63. The van der Waals surface area contributed by atoms with Crippen molar-refractivity contribution in [2.24, 2.45) is 16.7 Å². The Morgan fingerprint density at radius 3 is 2.60 bits per heavy atom. The van der Waals surface area contributed by atoms with Gasteiger partial charge in [-0.05, 0) is 37.7 Å². The van der Waals surface area contributed by atoms with Gasteiger partial charge in [-0.2, -0.15) is 0 Å². The lowest BCUT2D eigenvalue weighted by Gasteiger charge is -2.58. The lowest BCUT2D eigenvalue weighted by Crippen LogP contribution is -2.59. The molecule has 1 aromatic heterocycles. The van der Waals surface area contributed by atoms with Crippen LogP contribution in [0.1, 0.15) is 42.1 Å². The SMILES string of the molecule is Cc1cc(C(=O)N2C[C@@H]3C(C)(C)C[C@]3(CN3CCOCC3)C2)c(C)o1. The zero-order valence-electron chi connectivity index (χ0n) is 15.9. The van der Waals surface area contributed by atoms with Crippen molar-refractivity contribution >= 4 is 5.91 Å². The van der Waals surface area contributed by atoms with Gasteiger partial charge in [-0.25, -0.2) is 0 Å². The Morgan fingerprint density at radius 1 is 1.28 bits per heavy atom. The van der Waals surface area contributed by atoms with Crippen LogP contribution in [-0.2, 0) is 4.74 Å². The third kappa shape index (κ3) is 2.81. The van der Waals surface area contributed by atoms with Crippen LogP contribution in [0.3, 0.4) is 0 Å². The molecule has 3 aliphatic rings. The minimum absolute atomic E-state index is 0.140. The number of nitrogens with zero attached hydrogens (tertiary/aromatic N) is 2. The molecule has 0 spiro atoms. The van der Waals surface area contributed by atoms with Gasteiger partial charge in [-0.1, -0.05) is 13.8 Å². The number of ether oxygens (including phenoxy) is 1. The summed E-state index contributed by atoms with van der Waals surface area (Å²) in [6.45, 7) is 15.1. The number of rotatable bonds is 3. The molecule has 0 unspecified atom stereocenters. The van der Waals surface area contributed by atoms with E-state index in [2.05, 4.69) is 23.6 Å². The summed E-state index contributed by atoms with van der Waals surface area (Å²) in [5.74, 6) is 2.27. The highest BCUT2D eigenvalue weighted by molar-refractivity contribution is 5.95. The standard InChI is InChI=1S/C20H30N2O3/c1-14-9-16(15(2)25-14)18(23)22-10-17-19(3,4)11-20(17,13-22)12-21-5-7-24-8-6-21/h9,17H,5-8,10-13H2,1-4H3/t17-,20+/m1/s1. The molecule has 1 aliphatic carbocycles. The maximum Gasteiger partial charge on any atom is 0.257 e. The molecule has 0 aromatic carbocycles. The first-order valence-corrected chi connectivity index (χ1v) is 9.47. The summed E-state index contributed by atoms with van der Waals surface area (Å²) in [7, 11) is 0. The topological polar surface area (TPSA) is 45.9 Å². The maximum atomic E-state index is 13.1. The second-order valence-corrected chi connectivity index (χ2v) is 8.98. The molecule has 2 aliphatic heterocycles. The Hall–Kier alpha value is -1.33. The fourth-order valence-electron chi connectivity index (χ4n) is 5.71. The number of likely N-dealkylation sites (tertiary alicyclic amines) is 1. The molecule has 1 saturated carbocycles. The summed E-state index contributed by atoms with van der Waals surface area (Å²) in [5.41, 5.74) is 1.31. The van der Waals surface area contributed by atoms with Crippen LogP contribution in [0, 0.1) is 30.6 Å². The first-order chi connectivity index (χ1) is 11.8. The summed E-state index contributed by atoms with van der Waals surface area (Å²) >= 11 is 0. The van der Waals surface area contributed by atoms with Crippen LogP contribution in [-0.4, -0.2) is 61.6 Å². The van der Waals surface area contributed by atoms with Gasteiger partial charge in [0.05, 0.1) is 18.8 Å². The van der Waals surface area contributed by atoms with Gasteiger partial charge in [0, 0.05) is 38.1 Å². The van der Waals surface area contributed by atoms with E-state index in [1.165, 1.54) is 6.42 Å². The zero-order chi connectivity index (χ0) is 17.8. The third-order valence-corrected chi connectivity index (χ3v) is 6.60. The number of amides is 1. The summed E-state index contributed by atoms with van der Waals surface area (Å²) < 4.78 is 11.1. The Balaban J connectivity index is 1.53. The quantitative estimate of drug-likeness (QED) is 0.844. The van der Waals surface area contributed by atoms with Crippen LogP contribution < -0.4 is 0 Å². The minimum atomic E-state index is 0.140. The van der Waals surface area contributed by atoms with Crippen molar-refractivity contribution in [1.82, 2.24) is 9.80 Å². The van der Waals surface area contributed by atoms with Crippen LogP contribution in [0.2, 0.25) is 0 Å². The molecule has 25 heavy (non-hydrogen) atoms. The van der Waals surface area contributed by atoms with Crippen molar-refractivity contribution in [2.75, 3.05) is 45.9 Å². The smallest absolute Gasteiger partial charge is 0.257 e. The van der Waals surface area contributed by atoms with E-state index in [4.69, 9.17) is 9.15 Å². The van der Waals surface area contributed by atoms with Crippen molar-refractivity contribution in [3.63, 3.8) is 0 Å². The predicted octanol–water partition coefficient (Wildman–Crippen LogP) is 2.72. The molecule has 3 heterocycles. The molecule has 0 N–H and O–H groups in total. The molecule has 0 bridgehead atoms. The van der Waals surface area contributed by atoms with Crippen LogP contribution in [0.4, 0.5) is 0 Å². The molecule has 0 radical (unpaired) electrons. The second kappa shape index (κ2) is 5.85. The van der Waals surface area contributed by atoms with Crippen molar-refractivity contribution < 1.29 is 13.9 Å². The minimum Gasteiger partial charge on any atom is -0.466 e. The number of furan rings is 1. The average molecular weight is 346 g/mol. The first-order valence-electron chi connectivity index (χ1n) is 9.47. The van der Waals surface area contributed by atoms with Gasteiger partial charge in [0.2, 0.25) is 0 Å². The largest absolute Gasteiger partial charge is 0.466 e. The van der Waals surface area contributed by atoms with Gasteiger partial charge >= 0.3 is 0 Å². The second-order valence-electron chi connectivity index (χ2n) is 8.98. The number of hydrogen-bond acceptors (Lipinski definition) is 4. The average Bonchev–Trinajstić information content (AvgIpc) is 3.05. The van der Waals surface area contributed by atoms with Crippen molar-refractivity contribution in [1.29, 1.82) is 0 Å². The van der Waals surface area contributed by atoms with Crippen molar-refractivity contribution in [3.8, 4) is 0 Å². The molecule has 138 valence electrons. The highest BCUT2D eigenvalue weighted by Crippen LogP contribution is 2.63. The Morgan fingerprint density at radius 2 is 2.00 bits per heavy atom. The van der Waals surface area contributed by atoms with Gasteiger partial charge in [0.1, 0.15) is 11.5 Å². The molecule has 2 saturated heterocycles. The molecule has 4 rings (SSSR count). The summed E-state index contributed by atoms with van der Waals surface area (Å²) in [6.07, 6.45) is 1.20. The fraction of sp³-hybridized carbons (Fsp3) is 0.750. The summed E-state index contributed by atoms with van der Waals surface area (Å²) in [5, 5.41) is 0. The number of carbonyl (C=O) groups is 1. The normalized spacial score (nSPS) is 31.7. The van der Waals surface area contributed by atoms with Crippen LogP contribution in [0.25, 0.3) is 0 Å². The van der Waals surface area contributed by atoms with Crippen LogP contribution >= 0.6 is 0 Å². The Kier molecular flexibility index (Phi) is 4.00. The van der Waals surface area contributed by atoms with Gasteiger partial charge in [-0.15, -0.1) is 0 Å². The van der Waals surface area contributed by atoms with E-state index >= 15 is 0 Å². The predicted molar refractivity (Wildman–Crippen MR) is 95.7 cm³/mol. The van der Waals surface area contributed by atoms with E-state index in [-0.39, 0.29) is 11.3 Å². The molecule has 3 fully saturated rings. The lowest BCUT2D eigenvalue weighted by molar-refractivity contribution is -0.0966. The van der Waals surface area contributed by atoms with Gasteiger partial charge in [-0.3, -0.25) is 9.69 Å². The van der Waals surface area contributed by atoms with Crippen LogP contribution in [0.5, 0.6) is 0 Å². The molecule has 5 heteroatoms. The van der Waals surface area contributed by atoms with Gasteiger partial charge in [0.15, 0.2) is 0 Å². The molecule has 1 amide bonds. The molecule has 2 atom stereocenters. The van der Waals surface area contributed by atoms with Crippen LogP contribution in [0.15, 0.2) is 10.5 Å². The third-order valence-electron chi connectivity index (χ3n) is 6.60. The van der Waals surface area contributed by atoms with E-state index in [0.717, 1.165) is 63.0 Å². The molecular weight excluding hydrogens is 316 g/mol. The van der Waals surface area contributed by atoms with E-state index in [1.807, 2.05) is 19.9 Å². The number of carbonyl (C=O) groups excluding carboxylic acids is 1. The van der Waals surface area contributed by atoms with Crippen molar-refractivity contribution in [3.05, 3.63) is 23.2 Å². The molecule has 5 nitrogen and oxygen atoms in total. The summed E-state index contributed by atoms with van der Waals surface area (Å²) in [6, 6.07) is 1.89. The van der Waals surface area contributed by atoms with E-state index in [1.54, 1.807) is 0 Å². The van der Waals surface area contributed by atoms with Gasteiger partial charge in [0.25, 0.3) is 5.91 Å². The molecular formula is C20H30N2O3. The number of aryl methyl sites for hydroxylation is 2. The zero-order valence-corrected chi connectivity index (χ0v) is 15.9. The van der Waals surface area contributed by atoms with E-state index in [0.29, 0.717) is 11.3 Å².